The SMILES string of the molecule is CC(C)(C)OC(=O)[C@H]1C(=O)C[C@@](C)(O)[C@@H](C(=O)OC(C)(C)C)[C@H]1c1ccc(O)cc1. The number of esters is 2. The van der Waals surface area contributed by atoms with E-state index in [-0.39, 0.29) is 12.2 Å². The molecule has 7 heteroatoms. The molecule has 1 saturated carbocycles. The molecule has 0 unspecified atom stereocenters. The van der Waals surface area contributed by atoms with Gasteiger partial charge in [0.1, 0.15) is 22.9 Å². The van der Waals surface area contributed by atoms with Gasteiger partial charge in [-0.05, 0) is 66.2 Å². The zero-order valence-electron chi connectivity index (χ0n) is 18.7. The Morgan fingerprint density at radius 3 is 1.90 bits per heavy atom. The van der Waals surface area contributed by atoms with Crippen LogP contribution in [-0.4, -0.2) is 44.7 Å². The van der Waals surface area contributed by atoms with E-state index in [1.54, 1.807) is 41.5 Å². The van der Waals surface area contributed by atoms with Crippen molar-refractivity contribution in [2.45, 2.75) is 77.6 Å². The highest BCUT2D eigenvalue weighted by Crippen LogP contribution is 2.47. The maximum Gasteiger partial charge on any atom is 0.317 e. The van der Waals surface area contributed by atoms with Crippen molar-refractivity contribution >= 4 is 17.7 Å². The van der Waals surface area contributed by atoms with E-state index in [9.17, 15) is 24.6 Å². The first kappa shape index (κ1) is 23.9. The summed E-state index contributed by atoms with van der Waals surface area (Å²) in [5.74, 6) is -5.45. The van der Waals surface area contributed by atoms with Crippen molar-refractivity contribution in [3.63, 3.8) is 0 Å². The van der Waals surface area contributed by atoms with Crippen molar-refractivity contribution in [1.29, 1.82) is 0 Å². The zero-order valence-corrected chi connectivity index (χ0v) is 18.7. The highest BCUT2D eigenvalue weighted by atomic mass is 16.6. The molecule has 0 aliphatic heterocycles. The van der Waals surface area contributed by atoms with Crippen LogP contribution in [0.1, 0.15) is 66.4 Å². The van der Waals surface area contributed by atoms with Crippen LogP contribution in [0, 0.1) is 11.8 Å². The number of phenols is 1. The Morgan fingerprint density at radius 2 is 1.43 bits per heavy atom. The minimum absolute atomic E-state index is 0.00437. The van der Waals surface area contributed by atoms with Crippen LogP contribution in [0.25, 0.3) is 0 Å². The summed E-state index contributed by atoms with van der Waals surface area (Å²) in [5, 5.41) is 20.7. The number of phenolic OH excluding ortho intramolecular Hbond substituents is 1. The van der Waals surface area contributed by atoms with Crippen LogP contribution < -0.4 is 0 Å². The number of benzene rings is 1. The zero-order chi connectivity index (χ0) is 23.1. The Bertz CT molecular complexity index is 809. The first-order valence-corrected chi connectivity index (χ1v) is 10.0. The van der Waals surface area contributed by atoms with Gasteiger partial charge in [-0.2, -0.15) is 0 Å². The molecular formula is C23H32O7. The fourth-order valence-corrected chi connectivity index (χ4v) is 3.84. The molecule has 2 rings (SSSR count). The number of rotatable bonds is 3. The van der Waals surface area contributed by atoms with Crippen molar-refractivity contribution in [3.05, 3.63) is 29.8 Å². The number of aromatic hydroxyl groups is 1. The van der Waals surface area contributed by atoms with Gasteiger partial charge in [-0.25, -0.2) is 0 Å². The maximum absolute atomic E-state index is 13.1. The van der Waals surface area contributed by atoms with E-state index in [0.717, 1.165) is 0 Å². The lowest BCUT2D eigenvalue weighted by atomic mass is 9.61. The minimum atomic E-state index is -1.72. The van der Waals surface area contributed by atoms with Gasteiger partial charge >= 0.3 is 11.9 Å². The summed E-state index contributed by atoms with van der Waals surface area (Å²) < 4.78 is 11.0. The van der Waals surface area contributed by atoms with Gasteiger partial charge in [0.25, 0.3) is 0 Å². The van der Waals surface area contributed by atoms with E-state index >= 15 is 0 Å². The molecule has 0 bridgehead atoms. The van der Waals surface area contributed by atoms with Gasteiger partial charge in [0.2, 0.25) is 0 Å². The molecule has 1 aromatic rings. The van der Waals surface area contributed by atoms with Crippen LogP contribution in [0.4, 0.5) is 0 Å². The standard InChI is InChI=1S/C23H32O7/c1-21(2,3)29-19(26)17-15(25)12-23(7,28)18(20(27)30-22(4,5)6)16(17)13-8-10-14(24)11-9-13/h8-11,16-18,24,28H,12H2,1-7H3/t16-,17-,18+,23+/m0/s1. The molecule has 0 heterocycles. The molecule has 1 aliphatic carbocycles. The van der Waals surface area contributed by atoms with Gasteiger partial charge in [0, 0.05) is 12.3 Å². The Hall–Kier alpha value is -2.41. The van der Waals surface area contributed by atoms with E-state index in [2.05, 4.69) is 0 Å². The lowest BCUT2D eigenvalue weighted by Gasteiger charge is -2.44. The largest absolute Gasteiger partial charge is 0.508 e. The number of hydrogen-bond acceptors (Lipinski definition) is 7. The van der Waals surface area contributed by atoms with Crippen LogP contribution in [0.15, 0.2) is 24.3 Å². The normalized spacial score (nSPS) is 27.5. The van der Waals surface area contributed by atoms with Crippen LogP contribution in [0.3, 0.4) is 0 Å². The smallest absolute Gasteiger partial charge is 0.317 e. The van der Waals surface area contributed by atoms with Crippen molar-refractivity contribution in [2.75, 3.05) is 0 Å². The van der Waals surface area contributed by atoms with Crippen molar-refractivity contribution in [3.8, 4) is 5.75 Å². The number of carbonyl (C=O) groups excluding carboxylic acids is 3. The number of ketones is 1. The number of ether oxygens (including phenoxy) is 2. The molecule has 0 amide bonds. The van der Waals surface area contributed by atoms with E-state index < -0.39 is 52.3 Å². The van der Waals surface area contributed by atoms with Gasteiger partial charge in [0.05, 0.1) is 11.5 Å². The summed E-state index contributed by atoms with van der Waals surface area (Å²) in [6, 6.07) is 5.87. The Labute approximate surface area is 177 Å². The van der Waals surface area contributed by atoms with E-state index in [1.165, 1.54) is 31.2 Å². The molecule has 4 atom stereocenters. The highest BCUT2D eigenvalue weighted by molar-refractivity contribution is 6.03. The molecule has 2 N–H and O–H groups in total. The minimum Gasteiger partial charge on any atom is -0.508 e. The third-order valence-corrected chi connectivity index (χ3v) is 4.87. The summed E-state index contributed by atoms with van der Waals surface area (Å²) in [7, 11) is 0. The fourth-order valence-electron chi connectivity index (χ4n) is 3.84. The first-order chi connectivity index (χ1) is 13.5. The number of hydrogen-bond donors (Lipinski definition) is 2. The average Bonchev–Trinajstić information content (AvgIpc) is 2.50. The topological polar surface area (TPSA) is 110 Å². The number of Topliss-reactive ketones (excluding diaryl/α,β-unsaturated/α-hetero) is 1. The molecule has 30 heavy (non-hydrogen) atoms. The predicted molar refractivity (Wildman–Crippen MR) is 110 cm³/mol. The molecule has 7 nitrogen and oxygen atoms in total. The molecule has 0 saturated heterocycles. The highest BCUT2D eigenvalue weighted by Gasteiger charge is 2.57. The van der Waals surface area contributed by atoms with E-state index in [1.807, 2.05) is 0 Å². The van der Waals surface area contributed by atoms with Gasteiger partial charge in [-0.1, -0.05) is 12.1 Å². The summed E-state index contributed by atoms with van der Waals surface area (Å²) in [5.41, 5.74) is -2.93. The van der Waals surface area contributed by atoms with Crippen molar-refractivity contribution in [2.24, 2.45) is 11.8 Å². The second kappa shape index (κ2) is 8.02. The molecule has 0 spiro atoms. The summed E-state index contributed by atoms with van der Waals surface area (Å²) >= 11 is 0. The van der Waals surface area contributed by atoms with Crippen LogP contribution in [0.2, 0.25) is 0 Å². The maximum atomic E-state index is 13.1. The van der Waals surface area contributed by atoms with E-state index in [0.29, 0.717) is 5.56 Å². The van der Waals surface area contributed by atoms with Gasteiger partial charge in [-0.3, -0.25) is 14.4 Å². The first-order valence-electron chi connectivity index (χ1n) is 10.0. The molecule has 166 valence electrons. The second-order valence-corrected chi connectivity index (χ2v) is 10.1. The fraction of sp³-hybridized carbons (Fsp3) is 0.609. The van der Waals surface area contributed by atoms with E-state index in [4.69, 9.17) is 9.47 Å². The Kier molecular flexibility index (Phi) is 6.38. The molecule has 0 radical (unpaired) electrons. The Balaban J connectivity index is 2.62. The van der Waals surface area contributed by atoms with Crippen molar-refractivity contribution < 1.29 is 34.1 Å². The third kappa shape index (κ3) is 5.59. The molecule has 0 aromatic heterocycles. The average molecular weight is 421 g/mol. The van der Waals surface area contributed by atoms with Crippen LogP contribution in [0.5, 0.6) is 5.75 Å². The molecule has 1 fully saturated rings. The van der Waals surface area contributed by atoms with Gasteiger partial charge < -0.3 is 19.7 Å². The van der Waals surface area contributed by atoms with Crippen LogP contribution >= 0.6 is 0 Å². The number of aliphatic hydroxyl groups is 1. The predicted octanol–water partition coefficient (Wildman–Crippen LogP) is 3.12. The number of carbonyl (C=O) groups is 3. The van der Waals surface area contributed by atoms with Gasteiger partial charge in [-0.15, -0.1) is 0 Å². The molecular weight excluding hydrogens is 388 g/mol. The lowest BCUT2D eigenvalue weighted by molar-refractivity contribution is -0.182. The lowest BCUT2D eigenvalue weighted by Crippen LogP contribution is -2.56. The summed E-state index contributed by atoms with van der Waals surface area (Å²) in [6.07, 6.45) is -0.380. The van der Waals surface area contributed by atoms with Crippen LogP contribution in [-0.2, 0) is 23.9 Å². The monoisotopic (exact) mass is 420 g/mol. The molecule has 1 aromatic carbocycles. The summed E-state index contributed by atoms with van der Waals surface area (Å²) in [6.45, 7) is 11.6. The Morgan fingerprint density at radius 1 is 0.967 bits per heavy atom. The van der Waals surface area contributed by atoms with Crippen molar-refractivity contribution in [1.82, 2.24) is 0 Å². The summed E-state index contributed by atoms with van der Waals surface area (Å²) in [4.78, 5) is 39.1. The molecule has 1 aliphatic rings. The third-order valence-electron chi connectivity index (χ3n) is 4.87. The second-order valence-electron chi connectivity index (χ2n) is 10.1. The van der Waals surface area contributed by atoms with Gasteiger partial charge in [0.15, 0.2) is 5.78 Å². The quantitative estimate of drug-likeness (QED) is 0.571.